The van der Waals surface area contributed by atoms with Crippen LogP contribution < -0.4 is 5.32 Å². The maximum Gasteiger partial charge on any atom is 0.137 e. The van der Waals surface area contributed by atoms with Gasteiger partial charge >= 0.3 is 0 Å². The first-order valence-corrected chi connectivity index (χ1v) is 7.04. The highest BCUT2D eigenvalue weighted by atomic mass is 35.5. The Hall–Kier alpha value is -1.68. The molecule has 106 valence electrons. The third-order valence-corrected chi connectivity index (χ3v) is 3.58. The Morgan fingerprint density at radius 2 is 2.00 bits per heavy atom. The summed E-state index contributed by atoms with van der Waals surface area (Å²) in [5.74, 6) is 1.79. The summed E-state index contributed by atoms with van der Waals surface area (Å²) in [5.41, 5.74) is 3.22. The van der Waals surface area contributed by atoms with Gasteiger partial charge < -0.3 is 5.32 Å². The third-order valence-electron chi connectivity index (χ3n) is 3.21. The Labute approximate surface area is 124 Å². The molecule has 2 rings (SSSR count). The van der Waals surface area contributed by atoms with Crippen molar-refractivity contribution in [3.63, 3.8) is 0 Å². The Morgan fingerprint density at radius 1 is 1.25 bits per heavy atom. The van der Waals surface area contributed by atoms with Crippen LogP contribution in [0.5, 0.6) is 0 Å². The third kappa shape index (κ3) is 3.25. The van der Waals surface area contributed by atoms with E-state index in [9.17, 15) is 0 Å². The van der Waals surface area contributed by atoms with Crippen molar-refractivity contribution < 1.29 is 0 Å². The fourth-order valence-corrected chi connectivity index (χ4v) is 1.97. The molecule has 0 aliphatic carbocycles. The number of pyridine rings is 1. The first kappa shape index (κ1) is 14.7. The minimum Gasteiger partial charge on any atom is -0.366 e. The monoisotopic (exact) mass is 290 g/mol. The zero-order valence-electron chi connectivity index (χ0n) is 12.2. The Bertz CT molecular complexity index is 611. The second-order valence-corrected chi connectivity index (χ2v) is 5.51. The maximum atomic E-state index is 6.17. The van der Waals surface area contributed by atoms with Gasteiger partial charge in [0, 0.05) is 30.4 Å². The van der Waals surface area contributed by atoms with Crippen molar-refractivity contribution in [2.75, 3.05) is 5.32 Å². The topological polar surface area (TPSA) is 50.7 Å². The van der Waals surface area contributed by atoms with Crippen molar-refractivity contribution in [1.82, 2.24) is 15.0 Å². The number of nitrogens with one attached hydrogen (secondary N) is 1. The smallest absolute Gasteiger partial charge is 0.137 e. The van der Waals surface area contributed by atoms with Gasteiger partial charge in [0.1, 0.15) is 16.8 Å². The van der Waals surface area contributed by atoms with E-state index in [4.69, 9.17) is 11.6 Å². The summed E-state index contributed by atoms with van der Waals surface area (Å²) < 4.78 is 0. The van der Waals surface area contributed by atoms with Gasteiger partial charge in [-0.2, -0.15) is 0 Å². The molecule has 0 spiro atoms. The van der Waals surface area contributed by atoms with E-state index in [0.717, 1.165) is 22.8 Å². The van der Waals surface area contributed by atoms with Crippen LogP contribution in [0.1, 0.15) is 42.3 Å². The number of aryl methyl sites for hydroxylation is 1. The van der Waals surface area contributed by atoms with Crippen molar-refractivity contribution in [3.8, 4) is 0 Å². The molecule has 1 N–H and O–H groups in total. The van der Waals surface area contributed by atoms with Gasteiger partial charge in [0.05, 0.1) is 0 Å². The number of hydrogen-bond acceptors (Lipinski definition) is 4. The molecule has 0 radical (unpaired) electrons. The highest BCUT2D eigenvalue weighted by molar-refractivity contribution is 6.30. The Kier molecular flexibility index (Phi) is 4.55. The second kappa shape index (κ2) is 6.18. The molecule has 4 nitrogen and oxygen atoms in total. The molecular weight excluding hydrogens is 272 g/mol. The van der Waals surface area contributed by atoms with Crippen molar-refractivity contribution in [2.45, 2.75) is 40.2 Å². The minimum atomic E-state index is 0.244. The largest absolute Gasteiger partial charge is 0.366 e. The van der Waals surface area contributed by atoms with E-state index in [0.29, 0.717) is 11.7 Å². The highest BCUT2D eigenvalue weighted by Gasteiger charge is 2.11. The van der Waals surface area contributed by atoms with E-state index in [1.807, 2.05) is 19.2 Å². The highest BCUT2D eigenvalue weighted by Crippen LogP contribution is 2.23. The van der Waals surface area contributed by atoms with E-state index in [1.54, 1.807) is 6.20 Å². The molecular formula is C15H19ClN4. The van der Waals surface area contributed by atoms with Crippen molar-refractivity contribution in [2.24, 2.45) is 0 Å². The molecule has 0 aromatic carbocycles. The average Bonchev–Trinajstić information content (AvgIpc) is 2.41. The Balaban J connectivity index is 2.23. The average molecular weight is 291 g/mol. The molecule has 20 heavy (non-hydrogen) atoms. The molecule has 0 saturated carbocycles. The number of rotatable bonds is 4. The van der Waals surface area contributed by atoms with Crippen LogP contribution in [-0.4, -0.2) is 15.0 Å². The quantitative estimate of drug-likeness (QED) is 0.868. The molecule has 0 fully saturated rings. The van der Waals surface area contributed by atoms with Crippen LogP contribution in [0.3, 0.4) is 0 Å². The molecule has 2 aromatic heterocycles. The lowest BCUT2D eigenvalue weighted by molar-refractivity contribution is 0.771. The summed E-state index contributed by atoms with van der Waals surface area (Å²) in [4.78, 5) is 13.0. The van der Waals surface area contributed by atoms with E-state index >= 15 is 0 Å². The first-order chi connectivity index (χ1) is 9.49. The standard InChI is InChI=1S/C15H19ClN4/c1-9(2)14-19-13(16)11(4)15(20-14)18-8-12-7-17-6-5-10(12)3/h5-7,9H,8H2,1-4H3,(H,18,19,20). The lowest BCUT2D eigenvalue weighted by atomic mass is 10.1. The van der Waals surface area contributed by atoms with Crippen LogP contribution in [0.4, 0.5) is 5.82 Å². The number of anilines is 1. The van der Waals surface area contributed by atoms with Crippen molar-refractivity contribution >= 4 is 17.4 Å². The van der Waals surface area contributed by atoms with E-state index < -0.39 is 0 Å². The molecule has 0 aliphatic heterocycles. The molecule has 2 heterocycles. The van der Waals surface area contributed by atoms with Crippen LogP contribution in [0.15, 0.2) is 18.5 Å². The summed E-state index contributed by atoms with van der Waals surface area (Å²) in [6, 6.07) is 2.00. The summed E-state index contributed by atoms with van der Waals surface area (Å²) in [6.45, 7) is 8.76. The lowest BCUT2D eigenvalue weighted by Gasteiger charge is -2.13. The van der Waals surface area contributed by atoms with Gasteiger partial charge in [-0.3, -0.25) is 4.98 Å². The molecule has 2 aromatic rings. The zero-order chi connectivity index (χ0) is 14.7. The van der Waals surface area contributed by atoms with Gasteiger partial charge in [0.15, 0.2) is 0 Å². The van der Waals surface area contributed by atoms with E-state index in [2.05, 4.69) is 41.0 Å². The van der Waals surface area contributed by atoms with Crippen LogP contribution >= 0.6 is 11.6 Å². The van der Waals surface area contributed by atoms with Gasteiger partial charge in [0.25, 0.3) is 0 Å². The van der Waals surface area contributed by atoms with Crippen LogP contribution in [0.25, 0.3) is 0 Å². The minimum absolute atomic E-state index is 0.244. The molecule has 0 atom stereocenters. The van der Waals surface area contributed by atoms with E-state index in [1.165, 1.54) is 5.56 Å². The second-order valence-electron chi connectivity index (χ2n) is 5.16. The van der Waals surface area contributed by atoms with Crippen molar-refractivity contribution in [3.05, 3.63) is 46.1 Å². The molecule has 0 unspecified atom stereocenters. The number of halogens is 1. The number of aromatic nitrogens is 3. The summed E-state index contributed by atoms with van der Waals surface area (Å²) in [5, 5.41) is 3.84. The summed E-state index contributed by atoms with van der Waals surface area (Å²) in [7, 11) is 0. The van der Waals surface area contributed by atoms with Gasteiger partial charge in [-0.05, 0) is 31.0 Å². The summed E-state index contributed by atoms with van der Waals surface area (Å²) in [6.07, 6.45) is 3.66. The fraction of sp³-hybridized carbons (Fsp3) is 0.400. The molecule has 0 amide bonds. The maximum absolute atomic E-state index is 6.17. The van der Waals surface area contributed by atoms with Gasteiger partial charge in [-0.15, -0.1) is 0 Å². The van der Waals surface area contributed by atoms with Crippen LogP contribution in [0, 0.1) is 13.8 Å². The first-order valence-electron chi connectivity index (χ1n) is 6.66. The molecule has 0 saturated heterocycles. The lowest BCUT2D eigenvalue weighted by Crippen LogP contribution is -2.09. The SMILES string of the molecule is Cc1ccncc1CNc1nc(C(C)C)nc(Cl)c1C. The molecule has 0 aliphatic rings. The fourth-order valence-electron chi connectivity index (χ4n) is 1.80. The number of hydrogen-bond donors (Lipinski definition) is 1. The molecule has 5 heteroatoms. The Morgan fingerprint density at radius 3 is 2.65 bits per heavy atom. The van der Waals surface area contributed by atoms with Gasteiger partial charge in [-0.25, -0.2) is 9.97 Å². The normalized spacial score (nSPS) is 10.9. The van der Waals surface area contributed by atoms with Crippen LogP contribution in [-0.2, 0) is 6.54 Å². The predicted octanol–water partition coefficient (Wildman–Crippen LogP) is 3.88. The zero-order valence-corrected chi connectivity index (χ0v) is 13.0. The van der Waals surface area contributed by atoms with Gasteiger partial charge in [0.2, 0.25) is 0 Å². The van der Waals surface area contributed by atoms with Crippen LogP contribution in [0.2, 0.25) is 5.15 Å². The number of nitrogens with zero attached hydrogens (tertiary/aromatic N) is 3. The van der Waals surface area contributed by atoms with Crippen molar-refractivity contribution in [1.29, 1.82) is 0 Å². The predicted molar refractivity (Wildman–Crippen MR) is 82.2 cm³/mol. The van der Waals surface area contributed by atoms with Gasteiger partial charge in [-0.1, -0.05) is 25.4 Å². The molecule has 0 bridgehead atoms. The van der Waals surface area contributed by atoms with E-state index in [-0.39, 0.29) is 5.92 Å². The summed E-state index contributed by atoms with van der Waals surface area (Å²) >= 11 is 6.17.